The minimum absolute atomic E-state index is 0.0974. The largest absolute Gasteiger partial charge is 0.455 e. The SMILES string of the molecule is CC(N)Cc1ccc(Oc2ccc(F)cc2Cl)c(Br)c1. The summed E-state index contributed by atoms with van der Waals surface area (Å²) in [6.45, 7) is 1.95. The Labute approximate surface area is 130 Å². The number of rotatable bonds is 4. The summed E-state index contributed by atoms with van der Waals surface area (Å²) >= 11 is 9.39. The molecule has 2 N–H and O–H groups in total. The highest BCUT2D eigenvalue weighted by molar-refractivity contribution is 9.10. The minimum Gasteiger partial charge on any atom is -0.455 e. The molecule has 2 rings (SSSR count). The van der Waals surface area contributed by atoms with Gasteiger partial charge in [-0.1, -0.05) is 17.7 Å². The van der Waals surface area contributed by atoms with Crippen LogP contribution >= 0.6 is 27.5 Å². The van der Waals surface area contributed by atoms with Crippen LogP contribution in [0.1, 0.15) is 12.5 Å². The first kappa shape index (κ1) is 15.3. The van der Waals surface area contributed by atoms with Gasteiger partial charge in [-0.2, -0.15) is 0 Å². The Hall–Kier alpha value is -1.10. The van der Waals surface area contributed by atoms with Gasteiger partial charge in [0.1, 0.15) is 17.3 Å². The van der Waals surface area contributed by atoms with Gasteiger partial charge in [0.25, 0.3) is 0 Å². The number of nitrogens with two attached hydrogens (primary N) is 1. The lowest BCUT2D eigenvalue weighted by molar-refractivity contribution is 0.477. The summed E-state index contributed by atoms with van der Waals surface area (Å²) in [7, 11) is 0. The maximum Gasteiger partial charge on any atom is 0.146 e. The first-order chi connectivity index (χ1) is 9.45. The van der Waals surface area contributed by atoms with Crippen LogP contribution < -0.4 is 10.5 Å². The zero-order chi connectivity index (χ0) is 14.7. The molecule has 0 amide bonds. The van der Waals surface area contributed by atoms with Crippen LogP contribution in [0.2, 0.25) is 5.02 Å². The van der Waals surface area contributed by atoms with Crippen molar-refractivity contribution in [2.24, 2.45) is 5.73 Å². The maximum absolute atomic E-state index is 13.0. The van der Waals surface area contributed by atoms with Gasteiger partial charge < -0.3 is 10.5 Å². The molecule has 0 fully saturated rings. The second-order valence-corrected chi connectivity index (χ2v) is 5.88. The van der Waals surface area contributed by atoms with Crippen LogP contribution in [0, 0.1) is 5.82 Å². The minimum atomic E-state index is -0.395. The highest BCUT2D eigenvalue weighted by Crippen LogP contribution is 2.34. The molecule has 106 valence electrons. The molecular weight excluding hydrogens is 345 g/mol. The fraction of sp³-hybridized carbons (Fsp3) is 0.200. The van der Waals surface area contributed by atoms with Gasteiger partial charge in [-0.15, -0.1) is 0 Å². The van der Waals surface area contributed by atoms with Gasteiger partial charge in [0.15, 0.2) is 0 Å². The summed E-state index contributed by atoms with van der Waals surface area (Å²) in [5.41, 5.74) is 6.89. The van der Waals surface area contributed by atoms with E-state index in [4.69, 9.17) is 22.1 Å². The van der Waals surface area contributed by atoms with Crippen LogP contribution in [0.4, 0.5) is 4.39 Å². The van der Waals surface area contributed by atoms with Gasteiger partial charge in [-0.05, 0) is 65.2 Å². The molecule has 0 aliphatic heterocycles. The molecule has 0 aliphatic carbocycles. The molecule has 2 aromatic carbocycles. The van der Waals surface area contributed by atoms with E-state index < -0.39 is 5.82 Å². The lowest BCUT2D eigenvalue weighted by Gasteiger charge is -2.11. The fourth-order valence-corrected chi connectivity index (χ4v) is 2.52. The molecule has 0 spiro atoms. The molecule has 0 aromatic heterocycles. The van der Waals surface area contributed by atoms with E-state index in [-0.39, 0.29) is 11.1 Å². The molecule has 2 aromatic rings. The Balaban J connectivity index is 2.21. The van der Waals surface area contributed by atoms with Crippen LogP contribution in [0.25, 0.3) is 0 Å². The van der Waals surface area contributed by atoms with Gasteiger partial charge in [-0.3, -0.25) is 0 Å². The van der Waals surface area contributed by atoms with Gasteiger partial charge in [0.05, 0.1) is 9.50 Å². The van der Waals surface area contributed by atoms with Crippen LogP contribution in [0.3, 0.4) is 0 Å². The van der Waals surface area contributed by atoms with Crippen molar-refractivity contribution in [1.29, 1.82) is 0 Å². The lowest BCUT2D eigenvalue weighted by atomic mass is 10.1. The molecule has 0 saturated carbocycles. The second kappa shape index (κ2) is 6.57. The number of hydrogen-bond donors (Lipinski definition) is 1. The van der Waals surface area contributed by atoms with E-state index in [9.17, 15) is 4.39 Å². The third-order valence-electron chi connectivity index (χ3n) is 2.67. The molecule has 1 unspecified atom stereocenters. The topological polar surface area (TPSA) is 35.2 Å². The van der Waals surface area contributed by atoms with Gasteiger partial charge in [0, 0.05) is 6.04 Å². The number of benzene rings is 2. The van der Waals surface area contributed by atoms with E-state index in [1.54, 1.807) is 0 Å². The smallest absolute Gasteiger partial charge is 0.146 e. The Morgan fingerprint density at radius 3 is 2.55 bits per heavy atom. The molecule has 0 heterocycles. The van der Waals surface area contributed by atoms with E-state index in [2.05, 4.69) is 15.9 Å². The first-order valence-electron chi connectivity index (χ1n) is 6.12. The quantitative estimate of drug-likeness (QED) is 0.841. The fourth-order valence-electron chi connectivity index (χ4n) is 1.80. The molecule has 0 radical (unpaired) electrons. The third-order valence-corrected chi connectivity index (χ3v) is 3.58. The third kappa shape index (κ3) is 3.95. The van der Waals surface area contributed by atoms with E-state index in [0.29, 0.717) is 11.5 Å². The summed E-state index contributed by atoms with van der Waals surface area (Å²) < 4.78 is 19.5. The average molecular weight is 359 g/mol. The van der Waals surface area contributed by atoms with Crippen LogP contribution in [0.5, 0.6) is 11.5 Å². The molecule has 0 aliphatic rings. The van der Waals surface area contributed by atoms with E-state index in [1.807, 2.05) is 25.1 Å². The van der Waals surface area contributed by atoms with Gasteiger partial charge in [0.2, 0.25) is 0 Å². The predicted molar refractivity (Wildman–Crippen MR) is 83.0 cm³/mol. The predicted octanol–water partition coefficient (Wildman–Crippen LogP) is 4.92. The number of halogens is 3. The Kier molecular flexibility index (Phi) is 5.02. The number of ether oxygens (including phenoxy) is 1. The highest BCUT2D eigenvalue weighted by atomic mass is 79.9. The van der Waals surface area contributed by atoms with E-state index in [1.165, 1.54) is 18.2 Å². The zero-order valence-electron chi connectivity index (χ0n) is 10.9. The molecule has 1 atom stereocenters. The normalized spacial score (nSPS) is 12.2. The number of hydrogen-bond acceptors (Lipinski definition) is 2. The van der Waals surface area contributed by atoms with E-state index >= 15 is 0 Å². The Morgan fingerprint density at radius 2 is 1.95 bits per heavy atom. The van der Waals surface area contributed by atoms with Gasteiger partial charge >= 0.3 is 0 Å². The zero-order valence-corrected chi connectivity index (χ0v) is 13.2. The monoisotopic (exact) mass is 357 g/mol. The highest BCUT2D eigenvalue weighted by Gasteiger charge is 2.09. The summed E-state index contributed by atoms with van der Waals surface area (Å²) in [5.74, 6) is 0.634. The molecule has 2 nitrogen and oxygen atoms in total. The molecular formula is C15H14BrClFNO. The summed E-state index contributed by atoms with van der Waals surface area (Å²) in [4.78, 5) is 0. The van der Waals surface area contributed by atoms with Crippen LogP contribution in [-0.2, 0) is 6.42 Å². The second-order valence-electron chi connectivity index (χ2n) is 4.62. The molecule has 5 heteroatoms. The van der Waals surface area contributed by atoms with Crippen molar-refractivity contribution >= 4 is 27.5 Å². The van der Waals surface area contributed by atoms with Crippen molar-refractivity contribution in [3.63, 3.8) is 0 Å². The van der Waals surface area contributed by atoms with Crippen molar-refractivity contribution in [2.45, 2.75) is 19.4 Å². The summed E-state index contributed by atoms with van der Waals surface area (Å²) in [5, 5.41) is 0.233. The van der Waals surface area contributed by atoms with Crippen molar-refractivity contribution in [3.05, 3.63) is 57.3 Å². The summed E-state index contributed by atoms with van der Waals surface area (Å²) in [6, 6.07) is 9.85. The summed E-state index contributed by atoms with van der Waals surface area (Å²) in [6.07, 6.45) is 0.788. The van der Waals surface area contributed by atoms with Crippen molar-refractivity contribution in [1.82, 2.24) is 0 Å². The Morgan fingerprint density at radius 1 is 1.25 bits per heavy atom. The lowest BCUT2D eigenvalue weighted by Crippen LogP contribution is -2.17. The van der Waals surface area contributed by atoms with Crippen LogP contribution in [0.15, 0.2) is 40.9 Å². The van der Waals surface area contributed by atoms with Crippen molar-refractivity contribution < 1.29 is 9.13 Å². The molecule has 0 saturated heterocycles. The standard InChI is InChI=1S/C15H14BrClFNO/c1-9(19)6-10-2-4-14(12(16)7-10)20-15-5-3-11(18)8-13(15)17/h2-5,7-9H,6,19H2,1H3. The molecule has 20 heavy (non-hydrogen) atoms. The van der Waals surface area contributed by atoms with Crippen molar-refractivity contribution in [2.75, 3.05) is 0 Å². The average Bonchev–Trinajstić information content (AvgIpc) is 2.34. The van der Waals surface area contributed by atoms with E-state index in [0.717, 1.165) is 16.5 Å². The maximum atomic E-state index is 13.0. The van der Waals surface area contributed by atoms with Crippen molar-refractivity contribution in [3.8, 4) is 11.5 Å². The molecule has 0 bridgehead atoms. The Bertz CT molecular complexity index is 619. The first-order valence-corrected chi connectivity index (χ1v) is 7.29. The van der Waals surface area contributed by atoms with Crippen LogP contribution in [-0.4, -0.2) is 6.04 Å². The van der Waals surface area contributed by atoms with Gasteiger partial charge in [-0.25, -0.2) is 4.39 Å².